The normalized spacial score (nSPS) is 8.11. The molecule has 0 fully saturated rings. The van der Waals surface area contributed by atoms with Gasteiger partial charge in [-0.05, 0) is 18.6 Å². The number of phenolic OH excluding ortho intramolecular Hbond substituents is 1. The highest BCUT2D eigenvalue weighted by Gasteiger charge is 1.86. The van der Waals surface area contributed by atoms with Gasteiger partial charge in [0.1, 0.15) is 5.75 Å². The molecule has 1 aromatic rings. The highest BCUT2D eigenvalue weighted by molar-refractivity contribution is 5.29. The van der Waals surface area contributed by atoms with Crippen molar-refractivity contribution in [1.29, 1.82) is 0 Å². The summed E-state index contributed by atoms with van der Waals surface area (Å²) in [6.07, 6.45) is 0. The van der Waals surface area contributed by atoms with Gasteiger partial charge < -0.3 is 10.6 Å². The quantitative estimate of drug-likeness (QED) is 0.551. The lowest BCUT2D eigenvalue weighted by Gasteiger charge is -1.92. The number of para-hydroxylation sites is 1. The number of rotatable bonds is 0. The van der Waals surface area contributed by atoms with E-state index in [0.29, 0.717) is 5.75 Å². The summed E-state index contributed by atoms with van der Waals surface area (Å²) in [4.78, 5) is 0. The van der Waals surface area contributed by atoms with Crippen molar-refractivity contribution in [3.63, 3.8) is 0 Å². The lowest BCUT2D eigenvalue weighted by molar-refractivity contribution is 0.471. The van der Waals surface area contributed by atoms with Crippen LogP contribution in [0, 0.1) is 6.92 Å². The van der Waals surface area contributed by atoms with Gasteiger partial charge in [-0.1, -0.05) is 18.2 Å². The van der Waals surface area contributed by atoms with Gasteiger partial charge in [0.15, 0.2) is 0 Å². The second-order valence-corrected chi connectivity index (χ2v) is 1.79. The molecule has 0 spiro atoms. The number of hydrogen-bond donors (Lipinski definition) is 1. The molecule has 0 amide bonds. The third-order valence-corrected chi connectivity index (χ3v) is 1.12. The van der Waals surface area contributed by atoms with Gasteiger partial charge in [0.25, 0.3) is 0 Å². The minimum Gasteiger partial charge on any atom is -0.508 e. The third kappa shape index (κ3) is 1.74. The first-order chi connectivity index (χ1) is 3.80. The molecule has 1 rings (SSSR count). The fraction of sp³-hybridized carbons (Fsp3) is 0.143. The molecule has 3 N–H and O–H groups in total. The minimum absolute atomic E-state index is 0. The number of aryl methyl sites for hydroxylation is 1. The smallest absolute Gasteiger partial charge is 0.118 e. The Balaban J connectivity index is 0.000000640. The molecule has 0 unspecified atom stereocenters. The van der Waals surface area contributed by atoms with Crippen LogP contribution in [0.2, 0.25) is 0 Å². The molecule has 0 atom stereocenters. The Morgan fingerprint density at radius 2 is 1.78 bits per heavy atom. The summed E-state index contributed by atoms with van der Waals surface area (Å²) in [6.45, 7) is 1.87. The van der Waals surface area contributed by atoms with Crippen molar-refractivity contribution in [2.75, 3.05) is 0 Å². The van der Waals surface area contributed by atoms with Gasteiger partial charge in [-0.3, -0.25) is 0 Å². The maximum absolute atomic E-state index is 8.92. The second kappa shape index (κ2) is 3.10. The summed E-state index contributed by atoms with van der Waals surface area (Å²) >= 11 is 0. The Hall–Kier alpha value is -1.02. The van der Waals surface area contributed by atoms with Gasteiger partial charge in [-0.15, -0.1) is 0 Å². The van der Waals surface area contributed by atoms with Gasteiger partial charge >= 0.3 is 0 Å². The highest BCUT2D eigenvalue weighted by atomic mass is 16.3. The third-order valence-electron chi connectivity index (χ3n) is 1.12. The first-order valence-electron chi connectivity index (χ1n) is 2.55. The molecule has 50 valence electrons. The SMILES string of the molecule is Cc1ccccc1O.O. The largest absolute Gasteiger partial charge is 0.508 e. The van der Waals surface area contributed by atoms with E-state index >= 15 is 0 Å². The molecule has 0 aliphatic carbocycles. The van der Waals surface area contributed by atoms with E-state index < -0.39 is 0 Å². The average Bonchev–Trinajstić information content (AvgIpc) is 1.77. The van der Waals surface area contributed by atoms with Crippen LogP contribution in [0.5, 0.6) is 5.75 Å². The molecular formula is C7H10O2. The number of hydrogen-bond acceptors (Lipinski definition) is 1. The van der Waals surface area contributed by atoms with Crippen LogP contribution < -0.4 is 0 Å². The Labute approximate surface area is 54.1 Å². The Bertz CT molecular complexity index is 163. The molecule has 2 nitrogen and oxygen atoms in total. The molecule has 0 saturated heterocycles. The first-order valence-corrected chi connectivity index (χ1v) is 2.55. The van der Waals surface area contributed by atoms with E-state index in [4.69, 9.17) is 5.11 Å². The summed E-state index contributed by atoms with van der Waals surface area (Å²) in [6, 6.07) is 7.25. The van der Waals surface area contributed by atoms with Crippen LogP contribution in [0.25, 0.3) is 0 Å². The summed E-state index contributed by atoms with van der Waals surface area (Å²) in [7, 11) is 0. The standard InChI is InChI=1S/C7H8O.H2O/c1-6-4-2-3-5-7(6)8;/h2-5,8H,1H3;1H2. The predicted octanol–water partition coefficient (Wildman–Crippen LogP) is 0.876. The van der Waals surface area contributed by atoms with E-state index in [1.165, 1.54) is 0 Å². The number of phenols is 1. The molecule has 1 aromatic carbocycles. The zero-order chi connectivity index (χ0) is 5.98. The maximum atomic E-state index is 8.92. The monoisotopic (exact) mass is 126 g/mol. The maximum Gasteiger partial charge on any atom is 0.118 e. The Morgan fingerprint density at radius 1 is 1.22 bits per heavy atom. The number of aromatic hydroxyl groups is 1. The Morgan fingerprint density at radius 3 is 2.11 bits per heavy atom. The molecule has 9 heavy (non-hydrogen) atoms. The molecule has 0 aromatic heterocycles. The van der Waals surface area contributed by atoms with Gasteiger partial charge in [-0.25, -0.2) is 0 Å². The van der Waals surface area contributed by atoms with Crippen LogP contribution in [0.4, 0.5) is 0 Å². The molecular weight excluding hydrogens is 116 g/mol. The molecule has 0 bridgehead atoms. The zero-order valence-electron chi connectivity index (χ0n) is 5.26. The van der Waals surface area contributed by atoms with E-state index in [1.54, 1.807) is 6.07 Å². The van der Waals surface area contributed by atoms with Crippen molar-refractivity contribution >= 4 is 0 Å². The summed E-state index contributed by atoms with van der Waals surface area (Å²) < 4.78 is 0. The highest BCUT2D eigenvalue weighted by Crippen LogP contribution is 2.12. The van der Waals surface area contributed by atoms with Gasteiger partial charge in [0.2, 0.25) is 0 Å². The summed E-state index contributed by atoms with van der Waals surface area (Å²) in [5, 5.41) is 8.92. The van der Waals surface area contributed by atoms with Crippen molar-refractivity contribution < 1.29 is 10.6 Å². The van der Waals surface area contributed by atoms with E-state index in [0.717, 1.165) is 5.56 Å². The fourth-order valence-corrected chi connectivity index (χ4v) is 0.563. The van der Waals surface area contributed by atoms with Crippen molar-refractivity contribution in [3.8, 4) is 5.75 Å². The molecule has 0 radical (unpaired) electrons. The lowest BCUT2D eigenvalue weighted by atomic mass is 10.2. The Kier molecular flexibility index (Phi) is 2.74. The summed E-state index contributed by atoms with van der Waals surface area (Å²) in [5.74, 6) is 0.368. The van der Waals surface area contributed by atoms with Crippen LogP contribution in [-0.2, 0) is 0 Å². The van der Waals surface area contributed by atoms with Crippen molar-refractivity contribution in [2.45, 2.75) is 6.92 Å². The van der Waals surface area contributed by atoms with E-state index in [9.17, 15) is 0 Å². The molecule has 0 aliphatic rings. The van der Waals surface area contributed by atoms with E-state index in [2.05, 4.69) is 0 Å². The molecule has 0 heterocycles. The molecule has 0 aliphatic heterocycles. The van der Waals surface area contributed by atoms with Gasteiger partial charge in [0.05, 0.1) is 0 Å². The average molecular weight is 126 g/mol. The molecule has 0 saturated carbocycles. The van der Waals surface area contributed by atoms with Crippen LogP contribution in [0.3, 0.4) is 0 Å². The van der Waals surface area contributed by atoms with Crippen molar-refractivity contribution in [2.24, 2.45) is 0 Å². The van der Waals surface area contributed by atoms with Crippen LogP contribution >= 0.6 is 0 Å². The van der Waals surface area contributed by atoms with Crippen molar-refractivity contribution in [3.05, 3.63) is 29.8 Å². The van der Waals surface area contributed by atoms with E-state index in [1.807, 2.05) is 25.1 Å². The number of benzene rings is 1. The minimum atomic E-state index is 0. The predicted molar refractivity (Wildman–Crippen MR) is 36.5 cm³/mol. The van der Waals surface area contributed by atoms with Crippen LogP contribution in [0.1, 0.15) is 5.56 Å². The van der Waals surface area contributed by atoms with Crippen molar-refractivity contribution in [1.82, 2.24) is 0 Å². The zero-order valence-corrected chi connectivity index (χ0v) is 5.26. The van der Waals surface area contributed by atoms with Gasteiger partial charge in [-0.2, -0.15) is 0 Å². The van der Waals surface area contributed by atoms with Crippen LogP contribution in [-0.4, -0.2) is 10.6 Å². The topological polar surface area (TPSA) is 51.7 Å². The van der Waals surface area contributed by atoms with Gasteiger partial charge in [0, 0.05) is 0 Å². The van der Waals surface area contributed by atoms with Crippen LogP contribution in [0.15, 0.2) is 24.3 Å². The fourth-order valence-electron chi connectivity index (χ4n) is 0.563. The first kappa shape index (κ1) is 7.98. The lowest BCUT2D eigenvalue weighted by Crippen LogP contribution is -1.68. The molecule has 2 heteroatoms. The summed E-state index contributed by atoms with van der Waals surface area (Å²) in [5.41, 5.74) is 0.924. The van der Waals surface area contributed by atoms with E-state index in [-0.39, 0.29) is 5.48 Å². The second-order valence-electron chi connectivity index (χ2n) is 1.79.